The molecule has 25 heavy (non-hydrogen) atoms. The van der Waals surface area contributed by atoms with Gasteiger partial charge in [0, 0.05) is 37.6 Å². The lowest BCUT2D eigenvalue weighted by atomic mass is 10.3. The summed E-state index contributed by atoms with van der Waals surface area (Å²) in [5, 5.41) is 12.9. The molecular formula is C15H15F3N6S. The van der Waals surface area contributed by atoms with E-state index in [9.17, 15) is 13.2 Å². The first-order chi connectivity index (χ1) is 12.0. The molecule has 0 saturated carbocycles. The number of hydrogen-bond acceptors (Lipinski definition) is 6. The summed E-state index contributed by atoms with van der Waals surface area (Å²) in [7, 11) is 0. The van der Waals surface area contributed by atoms with Crippen molar-refractivity contribution in [2.75, 3.05) is 31.1 Å². The van der Waals surface area contributed by atoms with Crippen LogP contribution in [0.2, 0.25) is 0 Å². The number of hydrogen-bond donors (Lipinski definition) is 0. The van der Waals surface area contributed by atoms with Gasteiger partial charge in [-0.25, -0.2) is 0 Å². The van der Waals surface area contributed by atoms with Crippen molar-refractivity contribution in [3.05, 3.63) is 40.3 Å². The number of halogens is 3. The van der Waals surface area contributed by atoms with Crippen molar-refractivity contribution >= 4 is 22.8 Å². The molecule has 132 valence electrons. The minimum Gasteiger partial charge on any atom is -0.353 e. The molecule has 0 bridgehead atoms. The highest BCUT2D eigenvalue weighted by atomic mass is 32.1. The van der Waals surface area contributed by atoms with E-state index < -0.39 is 12.0 Å². The van der Waals surface area contributed by atoms with E-state index in [2.05, 4.69) is 31.6 Å². The van der Waals surface area contributed by atoms with Gasteiger partial charge in [-0.2, -0.15) is 17.7 Å². The Hall–Kier alpha value is -2.20. The second kappa shape index (κ2) is 6.26. The van der Waals surface area contributed by atoms with Crippen LogP contribution in [0.3, 0.4) is 0 Å². The van der Waals surface area contributed by atoms with Gasteiger partial charge in [0.25, 0.3) is 5.82 Å². The topological polar surface area (TPSA) is 49.6 Å². The van der Waals surface area contributed by atoms with Crippen LogP contribution in [0.1, 0.15) is 10.7 Å². The van der Waals surface area contributed by atoms with E-state index in [-0.39, 0.29) is 5.65 Å². The van der Waals surface area contributed by atoms with Crippen molar-refractivity contribution in [3.8, 4) is 0 Å². The Balaban J connectivity index is 1.49. The highest BCUT2D eigenvalue weighted by Gasteiger charge is 2.37. The first kappa shape index (κ1) is 16.3. The zero-order valence-corrected chi connectivity index (χ0v) is 14.0. The van der Waals surface area contributed by atoms with E-state index in [0.29, 0.717) is 18.9 Å². The standard InChI is InChI=1S/C15H15F3N6S/c16-15(17,18)14-20-19-12-3-4-13(21-24(12)14)23-7-5-22(6-8-23)10-11-2-1-9-25-11/h1-4,9H,5-8,10H2. The molecule has 3 aromatic heterocycles. The number of nitrogens with zero attached hydrogens (tertiary/aromatic N) is 6. The van der Waals surface area contributed by atoms with Gasteiger partial charge in [-0.3, -0.25) is 4.90 Å². The zero-order chi connectivity index (χ0) is 17.4. The Labute approximate surface area is 145 Å². The Bertz CT molecular complexity index is 852. The quantitative estimate of drug-likeness (QED) is 0.711. The molecule has 3 aromatic rings. The maximum absolute atomic E-state index is 13.0. The number of aromatic nitrogens is 4. The fourth-order valence-corrected chi connectivity index (χ4v) is 3.63. The fraction of sp³-hybridized carbons (Fsp3) is 0.400. The first-order valence-corrected chi connectivity index (χ1v) is 8.68. The lowest BCUT2D eigenvalue weighted by Crippen LogP contribution is -2.46. The smallest absolute Gasteiger partial charge is 0.353 e. The van der Waals surface area contributed by atoms with Gasteiger partial charge < -0.3 is 4.90 Å². The van der Waals surface area contributed by atoms with Gasteiger partial charge in [0.15, 0.2) is 5.65 Å². The summed E-state index contributed by atoms with van der Waals surface area (Å²) in [6.45, 7) is 4.01. The van der Waals surface area contributed by atoms with Crippen LogP contribution >= 0.6 is 11.3 Å². The Kier molecular flexibility index (Phi) is 4.08. The number of piperazine rings is 1. The molecule has 0 spiro atoms. The second-order valence-electron chi connectivity index (χ2n) is 5.83. The number of thiophene rings is 1. The van der Waals surface area contributed by atoms with Crippen LogP contribution in [-0.2, 0) is 12.7 Å². The normalized spacial score (nSPS) is 16.7. The molecule has 1 saturated heterocycles. The molecule has 10 heteroatoms. The van der Waals surface area contributed by atoms with Crippen molar-refractivity contribution in [2.45, 2.75) is 12.7 Å². The zero-order valence-electron chi connectivity index (χ0n) is 13.1. The van der Waals surface area contributed by atoms with E-state index in [1.165, 1.54) is 10.9 Å². The molecular weight excluding hydrogens is 353 g/mol. The molecule has 0 N–H and O–H groups in total. The van der Waals surface area contributed by atoms with Gasteiger partial charge in [-0.15, -0.1) is 26.6 Å². The molecule has 0 atom stereocenters. The lowest BCUT2D eigenvalue weighted by Gasteiger charge is -2.35. The average Bonchev–Trinajstić information content (AvgIpc) is 3.23. The summed E-state index contributed by atoms with van der Waals surface area (Å²) < 4.78 is 39.7. The highest BCUT2D eigenvalue weighted by molar-refractivity contribution is 7.09. The van der Waals surface area contributed by atoms with Gasteiger partial charge in [0.1, 0.15) is 5.82 Å². The molecule has 0 aromatic carbocycles. The van der Waals surface area contributed by atoms with E-state index in [1.54, 1.807) is 17.4 Å². The molecule has 4 heterocycles. The number of rotatable bonds is 3. The van der Waals surface area contributed by atoms with Crippen LogP contribution < -0.4 is 4.90 Å². The Morgan fingerprint density at radius 1 is 1.04 bits per heavy atom. The first-order valence-electron chi connectivity index (χ1n) is 7.80. The average molecular weight is 368 g/mol. The van der Waals surface area contributed by atoms with Gasteiger partial charge in [0.05, 0.1) is 0 Å². The molecule has 1 fully saturated rings. The summed E-state index contributed by atoms with van der Waals surface area (Å²) in [5.41, 5.74) is 0.0902. The molecule has 4 rings (SSSR count). The largest absolute Gasteiger partial charge is 0.453 e. The third-order valence-corrected chi connectivity index (χ3v) is 5.02. The summed E-state index contributed by atoms with van der Waals surface area (Å²) in [4.78, 5) is 5.64. The minimum atomic E-state index is -4.58. The van der Waals surface area contributed by atoms with Gasteiger partial charge in [0.2, 0.25) is 0 Å². The second-order valence-corrected chi connectivity index (χ2v) is 6.86. The molecule has 0 amide bonds. The SMILES string of the molecule is FC(F)(F)c1nnc2ccc(N3CCN(Cc4cccs4)CC3)nn12. The molecule has 0 aliphatic carbocycles. The monoisotopic (exact) mass is 368 g/mol. The van der Waals surface area contributed by atoms with E-state index in [0.717, 1.165) is 24.1 Å². The van der Waals surface area contributed by atoms with Crippen molar-refractivity contribution in [1.82, 2.24) is 24.7 Å². The van der Waals surface area contributed by atoms with E-state index >= 15 is 0 Å². The molecule has 1 aliphatic heterocycles. The van der Waals surface area contributed by atoms with Crippen molar-refractivity contribution in [2.24, 2.45) is 0 Å². The van der Waals surface area contributed by atoms with Crippen LogP contribution in [0.25, 0.3) is 5.65 Å². The van der Waals surface area contributed by atoms with E-state index in [4.69, 9.17) is 0 Å². The maximum Gasteiger partial charge on any atom is 0.453 e. The van der Waals surface area contributed by atoms with Crippen molar-refractivity contribution in [3.63, 3.8) is 0 Å². The summed E-state index contributed by atoms with van der Waals surface area (Å²) in [6.07, 6.45) is -4.58. The molecule has 0 radical (unpaired) electrons. The summed E-state index contributed by atoms with van der Waals surface area (Å²) in [5.74, 6) is -0.589. The Morgan fingerprint density at radius 3 is 2.52 bits per heavy atom. The van der Waals surface area contributed by atoms with Crippen LogP contribution in [0.4, 0.5) is 19.0 Å². The van der Waals surface area contributed by atoms with Crippen molar-refractivity contribution < 1.29 is 13.2 Å². The number of anilines is 1. The lowest BCUT2D eigenvalue weighted by molar-refractivity contribution is -0.146. The highest BCUT2D eigenvalue weighted by Crippen LogP contribution is 2.28. The van der Waals surface area contributed by atoms with Gasteiger partial charge in [-0.05, 0) is 23.6 Å². The summed E-state index contributed by atoms with van der Waals surface area (Å²) >= 11 is 1.73. The molecule has 0 unspecified atom stereocenters. The van der Waals surface area contributed by atoms with Crippen molar-refractivity contribution in [1.29, 1.82) is 0 Å². The number of alkyl halides is 3. The van der Waals surface area contributed by atoms with Gasteiger partial charge >= 0.3 is 6.18 Å². The van der Waals surface area contributed by atoms with Crippen LogP contribution in [0.15, 0.2) is 29.6 Å². The van der Waals surface area contributed by atoms with Crippen LogP contribution in [0, 0.1) is 0 Å². The predicted molar refractivity (Wildman–Crippen MR) is 87.6 cm³/mol. The van der Waals surface area contributed by atoms with Crippen LogP contribution in [0.5, 0.6) is 0 Å². The molecule has 6 nitrogen and oxygen atoms in total. The fourth-order valence-electron chi connectivity index (χ4n) is 2.88. The Morgan fingerprint density at radius 2 is 1.84 bits per heavy atom. The third-order valence-electron chi connectivity index (χ3n) is 4.16. The van der Waals surface area contributed by atoms with Crippen LogP contribution in [-0.4, -0.2) is 50.9 Å². The van der Waals surface area contributed by atoms with E-state index in [1.807, 2.05) is 11.0 Å². The third kappa shape index (κ3) is 3.31. The molecule has 1 aliphatic rings. The minimum absolute atomic E-state index is 0.0902. The maximum atomic E-state index is 13.0. The summed E-state index contributed by atoms with van der Waals surface area (Å²) in [6, 6.07) is 7.35. The predicted octanol–water partition coefficient (Wildman–Crippen LogP) is 2.53. The van der Waals surface area contributed by atoms with Gasteiger partial charge in [-0.1, -0.05) is 6.07 Å². The number of fused-ring (bicyclic) bond motifs is 1.